The number of carbonyl (C=O) groups excluding carboxylic acids is 2. The topological polar surface area (TPSA) is 85.7 Å². The Labute approximate surface area is 162 Å². The Hall–Kier alpha value is -3.03. The Bertz CT molecular complexity index is 930. The molecule has 5 rings (SSSR count). The lowest BCUT2D eigenvalue weighted by molar-refractivity contribution is 0.0711. The van der Waals surface area contributed by atoms with Crippen molar-refractivity contribution in [2.45, 2.75) is 31.7 Å². The standard InChI is InChI=1S/C20H22N4O4/c25-19-16-11-15(22-24(16)7-1-6-21-19)13-4-8-23(9-5-13)20(26)14-2-3-17-18(10-14)28-12-27-17/h2-3,10-11,13H,1,4-9,12H2,(H,21,25). The molecule has 2 amide bonds. The second kappa shape index (κ2) is 6.85. The summed E-state index contributed by atoms with van der Waals surface area (Å²) in [6.45, 7) is 3.00. The van der Waals surface area contributed by atoms with Gasteiger partial charge in [-0.25, -0.2) is 0 Å². The van der Waals surface area contributed by atoms with Crippen LogP contribution in [-0.4, -0.2) is 52.9 Å². The van der Waals surface area contributed by atoms with Gasteiger partial charge in [-0.2, -0.15) is 5.10 Å². The molecule has 1 aromatic heterocycles. The Morgan fingerprint density at radius 2 is 1.93 bits per heavy atom. The summed E-state index contributed by atoms with van der Waals surface area (Å²) < 4.78 is 12.5. The molecule has 0 unspecified atom stereocenters. The van der Waals surface area contributed by atoms with E-state index in [9.17, 15) is 9.59 Å². The van der Waals surface area contributed by atoms with E-state index in [1.807, 2.05) is 15.6 Å². The predicted octanol–water partition coefficient (Wildman–Crippen LogP) is 1.77. The zero-order valence-corrected chi connectivity index (χ0v) is 15.5. The third kappa shape index (κ3) is 2.98. The number of aromatic nitrogens is 2. The van der Waals surface area contributed by atoms with Gasteiger partial charge >= 0.3 is 0 Å². The molecule has 4 heterocycles. The molecule has 2 aromatic rings. The van der Waals surface area contributed by atoms with Gasteiger partial charge in [0.05, 0.1) is 5.69 Å². The van der Waals surface area contributed by atoms with Gasteiger partial charge in [0.1, 0.15) is 5.69 Å². The van der Waals surface area contributed by atoms with Crippen molar-refractivity contribution in [3.8, 4) is 11.5 Å². The van der Waals surface area contributed by atoms with Crippen LogP contribution in [0.15, 0.2) is 24.3 Å². The molecule has 0 saturated carbocycles. The van der Waals surface area contributed by atoms with Crippen LogP contribution in [0.4, 0.5) is 0 Å². The fourth-order valence-electron chi connectivity index (χ4n) is 4.10. The number of amides is 2. The third-order valence-corrected chi connectivity index (χ3v) is 5.68. The van der Waals surface area contributed by atoms with Gasteiger partial charge in [0.2, 0.25) is 6.79 Å². The first-order valence-corrected chi connectivity index (χ1v) is 9.74. The fraction of sp³-hybridized carbons (Fsp3) is 0.450. The lowest BCUT2D eigenvalue weighted by atomic mass is 9.93. The number of ether oxygens (including phenoxy) is 2. The average Bonchev–Trinajstić information content (AvgIpc) is 3.33. The highest BCUT2D eigenvalue weighted by Crippen LogP contribution is 2.34. The highest BCUT2D eigenvalue weighted by atomic mass is 16.7. The molecule has 146 valence electrons. The first kappa shape index (κ1) is 17.1. The van der Waals surface area contributed by atoms with Crippen molar-refractivity contribution in [2.24, 2.45) is 0 Å². The third-order valence-electron chi connectivity index (χ3n) is 5.68. The molecule has 0 bridgehead atoms. The maximum absolute atomic E-state index is 12.8. The number of likely N-dealkylation sites (tertiary alicyclic amines) is 1. The molecule has 0 radical (unpaired) electrons. The number of nitrogens with zero attached hydrogens (tertiary/aromatic N) is 3. The summed E-state index contributed by atoms with van der Waals surface area (Å²) in [6, 6.07) is 7.24. The van der Waals surface area contributed by atoms with Crippen LogP contribution in [0.3, 0.4) is 0 Å². The summed E-state index contributed by atoms with van der Waals surface area (Å²) in [5.41, 5.74) is 2.22. The molecule has 1 aromatic carbocycles. The number of carbonyl (C=O) groups is 2. The molecule has 0 spiro atoms. The molecule has 1 fully saturated rings. The molecular weight excluding hydrogens is 360 g/mol. The van der Waals surface area contributed by atoms with Crippen LogP contribution in [0.1, 0.15) is 51.7 Å². The Morgan fingerprint density at radius 1 is 1.11 bits per heavy atom. The summed E-state index contributed by atoms with van der Waals surface area (Å²) in [4.78, 5) is 26.9. The van der Waals surface area contributed by atoms with Gasteiger partial charge in [0, 0.05) is 37.7 Å². The van der Waals surface area contributed by atoms with E-state index >= 15 is 0 Å². The Balaban J connectivity index is 1.26. The SMILES string of the molecule is O=C1NCCCn2nc(C3CCN(C(=O)c4ccc5c(c4)OCO5)CC3)cc21. The van der Waals surface area contributed by atoms with Crippen molar-refractivity contribution in [3.05, 3.63) is 41.2 Å². The predicted molar refractivity (Wildman–Crippen MR) is 99.6 cm³/mol. The first-order chi connectivity index (χ1) is 13.7. The minimum Gasteiger partial charge on any atom is -0.454 e. The van der Waals surface area contributed by atoms with Crippen LogP contribution >= 0.6 is 0 Å². The Kier molecular flexibility index (Phi) is 4.18. The van der Waals surface area contributed by atoms with Gasteiger partial charge < -0.3 is 19.7 Å². The van der Waals surface area contributed by atoms with E-state index < -0.39 is 0 Å². The van der Waals surface area contributed by atoms with E-state index in [1.165, 1.54) is 0 Å². The van der Waals surface area contributed by atoms with Gasteiger partial charge in [0.25, 0.3) is 11.8 Å². The first-order valence-electron chi connectivity index (χ1n) is 9.74. The zero-order chi connectivity index (χ0) is 19.1. The van der Waals surface area contributed by atoms with Crippen molar-refractivity contribution in [2.75, 3.05) is 26.4 Å². The van der Waals surface area contributed by atoms with Crippen molar-refractivity contribution < 1.29 is 19.1 Å². The zero-order valence-electron chi connectivity index (χ0n) is 15.5. The van der Waals surface area contributed by atoms with Crippen LogP contribution in [0.25, 0.3) is 0 Å². The average molecular weight is 382 g/mol. The summed E-state index contributed by atoms with van der Waals surface area (Å²) in [6.07, 6.45) is 2.57. The van der Waals surface area contributed by atoms with Crippen molar-refractivity contribution in [1.29, 1.82) is 0 Å². The highest BCUT2D eigenvalue weighted by Gasteiger charge is 2.29. The number of nitrogens with one attached hydrogen (secondary N) is 1. The van der Waals surface area contributed by atoms with Gasteiger partial charge in [-0.15, -0.1) is 0 Å². The van der Waals surface area contributed by atoms with Gasteiger partial charge in [-0.3, -0.25) is 14.3 Å². The second-order valence-electron chi connectivity index (χ2n) is 7.42. The molecule has 8 nitrogen and oxygen atoms in total. The highest BCUT2D eigenvalue weighted by molar-refractivity contribution is 5.95. The summed E-state index contributed by atoms with van der Waals surface area (Å²) in [5.74, 6) is 1.54. The molecule has 28 heavy (non-hydrogen) atoms. The number of benzene rings is 1. The van der Waals surface area contributed by atoms with Gasteiger partial charge in [0.15, 0.2) is 11.5 Å². The van der Waals surface area contributed by atoms with Crippen molar-refractivity contribution >= 4 is 11.8 Å². The second-order valence-corrected chi connectivity index (χ2v) is 7.42. The lowest BCUT2D eigenvalue weighted by Crippen LogP contribution is -2.38. The molecule has 3 aliphatic rings. The Morgan fingerprint density at radius 3 is 2.79 bits per heavy atom. The van der Waals surface area contributed by atoms with Crippen molar-refractivity contribution in [3.63, 3.8) is 0 Å². The molecule has 8 heteroatoms. The van der Waals surface area contributed by atoms with E-state index in [2.05, 4.69) is 10.4 Å². The monoisotopic (exact) mass is 382 g/mol. The molecule has 0 aliphatic carbocycles. The van der Waals surface area contributed by atoms with Crippen LogP contribution in [-0.2, 0) is 6.54 Å². The molecule has 3 aliphatic heterocycles. The number of fused-ring (bicyclic) bond motifs is 2. The summed E-state index contributed by atoms with van der Waals surface area (Å²) in [5, 5.41) is 7.58. The van der Waals surface area contributed by atoms with E-state index in [1.54, 1.807) is 18.2 Å². The fourth-order valence-corrected chi connectivity index (χ4v) is 4.10. The molecule has 1 N–H and O–H groups in total. The summed E-state index contributed by atoms with van der Waals surface area (Å²) >= 11 is 0. The van der Waals surface area contributed by atoms with E-state index in [0.717, 1.165) is 31.5 Å². The maximum Gasteiger partial charge on any atom is 0.269 e. The number of hydrogen-bond donors (Lipinski definition) is 1. The van der Waals surface area contributed by atoms with E-state index in [-0.39, 0.29) is 24.5 Å². The van der Waals surface area contributed by atoms with Crippen LogP contribution < -0.4 is 14.8 Å². The van der Waals surface area contributed by atoms with E-state index in [0.29, 0.717) is 42.4 Å². The quantitative estimate of drug-likeness (QED) is 0.856. The molecule has 0 atom stereocenters. The molecular formula is C20H22N4O4. The van der Waals surface area contributed by atoms with Gasteiger partial charge in [-0.1, -0.05) is 0 Å². The smallest absolute Gasteiger partial charge is 0.269 e. The van der Waals surface area contributed by atoms with Crippen LogP contribution in [0.2, 0.25) is 0 Å². The summed E-state index contributed by atoms with van der Waals surface area (Å²) in [7, 11) is 0. The minimum absolute atomic E-state index is 0.0109. The van der Waals surface area contributed by atoms with E-state index in [4.69, 9.17) is 9.47 Å². The minimum atomic E-state index is -0.0494. The largest absolute Gasteiger partial charge is 0.454 e. The number of aryl methyl sites for hydroxylation is 1. The number of piperidine rings is 1. The maximum atomic E-state index is 12.8. The van der Waals surface area contributed by atoms with Gasteiger partial charge in [-0.05, 0) is 43.5 Å². The number of rotatable bonds is 2. The lowest BCUT2D eigenvalue weighted by Gasteiger charge is -2.31. The van der Waals surface area contributed by atoms with Crippen LogP contribution in [0.5, 0.6) is 11.5 Å². The van der Waals surface area contributed by atoms with Crippen LogP contribution in [0, 0.1) is 0 Å². The number of hydrogen-bond acceptors (Lipinski definition) is 5. The molecule has 1 saturated heterocycles. The normalized spacial score (nSPS) is 19.1. The van der Waals surface area contributed by atoms with Crippen molar-refractivity contribution in [1.82, 2.24) is 20.0 Å².